The van der Waals surface area contributed by atoms with Crippen LogP contribution in [-0.4, -0.2) is 38.4 Å². The molecule has 3 aromatic rings. The number of hydrogen-bond acceptors (Lipinski definition) is 8. The molecule has 0 radical (unpaired) electrons. The van der Waals surface area contributed by atoms with Crippen molar-refractivity contribution in [2.45, 2.75) is 25.7 Å². The van der Waals surface area contributed by atoms with Crippen molar-refractivity contribution in [2.75, 3.05) is 26.4 Å². The minimum absolute atomic E-state index is 0.109. The van der Waals surface area contributed by atoms with Gasteiger partial charge in [0.05, 0.1) is 37.6 Å². The highest BCUT2D eigenvalue weighted by Crippen LogP contribution is 2.30. The lowest BCUT2D eigenvalue weighted by Gasteiger charge is -2.13. The van der Waals surface area contributed by atoms with E-state index in [4.69, 9.17) is 18.9 Å². The van der Waals surface area contributed by atoms with Gasteiger partial charge in [0.2, 0.25) is 0 Å². The molecule has 0 spiro atoms. The van der Waals surface area contributed by atoms with E-state index in [1.165, 1.54) is 0 Å². The van der Waals surface area contributed by atoms with Crippen LogP contribution in [0, 0.1) is 22.7 Å². The summed E-state index contributed by atoms with van der Waals surface area (Å²) < 4.78 is 21.9. The summed E-state index contributed by atoms with van der Waals surface area (Å²) >= 11 is 0. The SMILES string of the molecule is N#Cc1c(OCCCCOC(=O)c2ccccc2)ccc(OCCCCOC(=O)c2ccccc2)c1C#N. The molecule has 0 aromatic heterocycles. The van der Waals surface area contributed by atoms with E-state index in [1.807, 2.05) is 24.3 Å². The summed E-state index contributed by atoms with van der Waals surface area (Å²) in [7, 11) is 0. The van der Waals surface area contributed by atoms with Crippen LogP contribution in [0.25, 0.3) is 0 Å². The molecule has 38 heavy (non-hydrogen) atoms. The first-order valence-electron chi connectivity index (χ1n) is 12.3. The quantitative estimate of drug-likeness (QED) is 0.206. The van der Waals surface area contributed by atoms with E-state index >= 15 is 0 Å². The fourth-order valence-corrected chi connectivity index (χ4v) is 3.44. The summed E-state index contributed by atoms with van der Waals surface area (Å²) in [6.45, 7) is 1.10. The number of hydrogen-bond donors (Lipinski definition) is 0. The number of esters is 2. The van der Waals surface area contributed by atoms with Gasteiger partial charge in [0, 0.05) is 0 Å². The van der Waals surface area contributed by atoms with Gasteiger partial charge >= 0.3 is 11.9 Å². The van der Waals surface area contributed by atoms with Crippen LogP contribution in [0.1, 0.15) is 57.5 Å². The van der Waals surface area contributed by atoms with E-state index in [-0.39, 0.29) is 36.3 Å². The van der Waals surface area contributed by atoms with E-state index in [2.05, 4.69) is 0 Å². The maximum Gasteiger partial charge on any atom is 0.338 e. The average molecular weight is 513 g/mol. The van der Waals surface area contributed by atoms with Crippen LogP contribution in [0.3, 0.4) is 0 Å². The smallest absolute Gasteiger partial charge is 0.338 e. The first kappa shape index (κ1) is 27.8. The van der Waals surface area contributed by atoms with Crippen LogP contribution in [-0.2, 0) is 9.47 Å². The normalized spacial score (nSPS) is 10.1. The second-order valence-electron chi connectivity index (χ2n) is 8.15. The Morgan fingerprint density at radius 3 is 1.29 bits per heavy atom. The zero-order valence-corrected chi connectivity index (χ0v) is 20.9. The Morgan fingerprint density at radius 2 is 0.921 bits per heavy atom. The number of unbranched alkanes of at least 4 members (excludes halogenated alkanes) is 2. The lowest BCUT2D eigenvalue weighted by molar-refractivity contribution is 0.0485. The summed E-state index contributed by atoms with van der Waals surface area (Å²) in [6, 6.07) is 24.8. The lowest BCUT2D eigenvalue weighted by atomic mass is 10.1. The van der Waals surface area contributed by atoms with Gasteiger partial charge in [-0.3, -0.25) is 0 Å². The van der Waals surface area contributed by atoms with Gasteiger partial charge in [-0.25, -0.2) is 9.59 Å². The summed E-state index contributed by atoms with van der Waals surface area (Å²) in [5.41, 5.74) is 1.22. The van der Waals surface area contributed by atoms with Gasteiger partial charge < -0.3 is 18.9 Å². The molecule has 0 amide bonds. The van der Waals surface area contributed by atoms with Gasteiger partial charge in [-0.15, -0.1) is 0 Å². The molecule has 0 fully saturated rings. The second-order valence-corrected chi connectivity index (χ2v) is 8.15. The molecule has 8 nitrogen and oxygen atoms in total. The highest BCUT2D eigenvalue weighted by Gasteiger charge is 2.16. The number of carbonyl (C=O) groups is 2. The molecule has 8 heteroatoms. The van der Waals surface area contributed by atoms with Crippen LogP contribution >= 0.6 is 0 Å². The van der Waals surface area contributed by atoms with Gasteiger partial charge in [-0.2, -0.15) is 10.5 Å². The van der Waals surface area contributed by atoms with Crippen molar-refractivity contribution >= 4 is 11.9 Å². The number of rotatable bonds is 14. The zero-order chi connectivity index (χ0) is 27.0. The van der Waals surface area contributed by atoms with E-state index in [0.29, 0.717) is 61.5 Å². The molecule has 194 valence electrons. The Kier molecular flexibility index (Phi) is 11.2. The maximum absolute atomic E-state index is 11.9. The molecule has 0 aliphatic heterocycles. The monoisotopic (exact) mass is 512 g/mol. The lowest BCUT2D eigenvalue weighted by Crippen LogP contribution is -2.08. The minimum Gasteiger partial charge on any atom is -0.492 e. The van der Waals surface area contributed by atoms with Crippen LogP contribution in [0.4, 0.5) is 0 Å². The van der Waals surface area contributed by atoms with Crippen LogP contribution in [0.5, 0.6) is 11.5 Å². The molecule has 0 unspecified atom stereocenters. The van der Waals surface area contributed by atoms with Crippen molar-refractivity contribution < 1.29 is 28.5 Å². The maximum atomic E-state index is 11.9. The fraction of sp³-hybridized carbons (Fsp3) is 0.267. The summed E-state index contributed by atoms with van der Waals surface area (Å²) in [4.78, 5) is 23.9. The topological polar surface area (TPSA) is 119 Å². The molecule has 3 aromatic carbocycles. The molecule has 0 aliphatic rings. The molecule has 0 heterocycles. The average Bonchev–Trinajstić information content (AvgIpc) is 2.97. The van der Waals surface area contributed by atoms with Gasteiger partial charge in [-0.1, -0.05) is 36.4 Å². The van der Waals surface area contributed by atoms with Crippen molar-refractivity contribution in [1.82, 2.24) is 0 Å². The highest BCUT2D eigenvalue weighted by atomic mass is 16.5. The largest absolute Gasteiger partial charge is 0.492 e. The van der Waals surface area contributed by atoms with Crippen molar-refractivity contribution in [3.05, 3.63) is 95.1 Å². The van der Waals surface area contributed by atoms with Crippen LogP contribution in [0.15, 0.2) is 72.8 Å². The zero-order valence-electron chi connectivity index (χ0n) is 20.9. The Morgan fingerprint density at radius 1 is 0.553 bits per heavy atom. The molecule has 0 N–H and O–H groups in total. The molecular formula is C30H28N2O6. The third-order valence-electron chi connectivity index (χ3n) is 5.43. The third-order valence-corrected chi connectivity index (χ3v) is 5.43. The fourth-order valence-electron chi connectivity index (χ4n) is 3.44. The highest BCUT2D eigenvalue weighted by molar-refractivity contribution is 5.89. The van der Waals surface area contributed by atoms with Crippen molar-refractivity contribution in [2.24, 2.45) is 0 Å². The molecular weight excluding hydrogens is 484 g/mol. The second kappa shape index (κ2) is 15.3. The number of ether oxygens (including phenoxy) is 4. The van der Waals surface area contributed by atoms with E-state index < -0.39 is 0 Å². The predicted molar refractivity (Wildman–Crippen MR) is 139 cm³/mol. The van der Waals surface area contributed by atoms with Gasteiger partial charge in [0.15, 0.2) is 0 Å². The first-order chi connectivity index (χ1) is 18.6. The van der Waals surface area contributed by atoms with Gasteiger partial charge in [0.1, 0.15) is 34.8 Å². The van der Waals surface area contributed by atoms with Crippen molar-refractivity contribution in [1.29, 1.82) is 10.5 Å². The number of nitriles is 2. The third kappa shape index (κ3) is 8.39. The number of benzene rings is 3. The predicted octanol–water partition coefficient (Wildman–Crippen LogP) is 5.46. The Hall–Kier alpha value is -4.82. The molecule has 3 rings (SSSR count). The first-order valence-corrected chi connectivity index (χ1v) is 12.3. The van der Waals surface area contributed by atoms with E-state index in [9.17, 15) is 20.1 Å². The summed E-state index contributed by atoms with van der Waals surface area (Å²) in [5, 5.41) is 19.2. The number of carbonyl (C=O) groups excluding carboxylic acids is 2. The molecule has 0 atom stereocenters. The Bertz CT molecular complexity index is 1180. The van der Waals surface area contributed by atoms with Crippen molar-refractivity contribution in [3.63, 3.8) is 0 Å². The van der Waals surface area contributed by atoms with Gasteiger partial charge in [-0.05, 0) is 62.1 Å². The van der Waals surface area contributed by atoms with E-state index in [0.717, 1.165) is 0 Å². The molecule has 0 aliphatic carbocycles. The summed E-state index contributed by atoms with van der Waals surface area (Å²) in [6.07, 6.45) is 2.38. The standard InChI is InChI=1S/C30H28N2O6/c31-21-25-26(22-32)28(36-18-8-10-20-38-30(34)24-13-5-2-6-14-24)16-15-27(25)35-17-7-9-19-37-29(33)23-11-3-1-4-12-23/h1-6,11-16H,7-10,17-20H2. The van der Waals surface area contributed by atoms with Crippen LogP contribution < -0.4 is 9.47 Å². The number of nitrogens with zero attached hydrogens (tertiary/aromatic N) is 2. The Balaban J connectivity index is 1.38. The molecule has 0 bridgehead atoms. The van der Waals surface area contributed by atoms with Gasteiger partial charge in [0.25, 0.3) is 0 Å². The molecule has 0 saturated carbocycles. The molecule has 0 saturated heterocycles. The van der Waals surface area contributed by atoms with Crippen LogP contribution in [0.2, 0.25) is 0 Å². The minimum atomic E-state index is -0.374. The Labute approximate surface area is 221 Å². The van der Waals surface area contributed by atoms with E-state index in [1.54, 1.807) is 60.7 Å². The van der Waals surface area contributed by atoms with Crippen molar-refractivity contribution in [3.8, 4) is 23.6 Å². The summed E-state index contributed by atoms with van der Waals surface area (Å²) in [5.74, 6) is -0.155.